The van der Waals surface area contributed by atoms with Gasteiger partial charge >= 0.3 is 0 Å². The zero-order chi connectivity index (χ0) is 9.47. The highest BCUT2D eigenvalue weighted by Gasteiger charge is 2.03. The van der Waals surface area contributed by atoms with Crippen LogP contribution in [0.3, 0.4) is 0 Å². The SMILES string of the molecule is C=S(N)(=O)c1ccc2ncsc2c1. The summed E-state index contributed by atoms with van der Waals surface area (Å²) >= 11 is 1.50. The average Bonchev–Trinajstić information content (AvgIpc) is 2.47. The smallest absolute Gasteiger partial charge is 0.0812 e. The molecular formula is C8H8N2OS2. The van der Waals surface area contributed by atoms with Crippen LogP contribution in [0.25, 0.3) is 10.2 Å². The van der Waals surface area contributed by atoms with E-state index >= 15 is 0 Å². The highest BCUT2D eigenvalue weighted by Crippen LogP contribution is 2.20. The molecule has 68 valence electrons. The van der Waals surface area contributed by atoms with Crippen molar-refractivity contribution in [2.75, 3.05) is 0 Å². The molecule has 3 nitrogen and oxygen atoms in total. The molecule has 13 heavy (non-hydrogen) atoms. The predicted molar refractivity (Wildman–Crippen MR) is 57.3 cm³/mol. The van der Waals surface area contributed by atoms with Crippen LogP contribution in [0.1, 0.15) is 0 Å². The van der Waals surface area contributed by atoms with Crippen LogP contribution in [0.15, 0.2) is 28.6 Å². The van der Waals surface area contributed by atoms with Crippen molar-refractivity contribution in [2.24, 2.45) is 5.14 Å². The first-order chi connectivity index (χ1) is 6.07. The maximum atomic E-state index is 11.4. The fourth-order valence-electron chi connectivity index (χ4n) is 1.05. The molecule has 0 aliphatic rings. The van der Waals surface area contributed by atoms with Crippen LogP contribution in [0, 0.1) is 0 Å². The van der Waals surface area contributed by atoms with Gasteiger partial charge in [-0.1, -0.05) is 0 Å². The first kappa shape index (κ1) is 8.68. The molecule has 1 heterocycles. The largest absolute Gasteiger partial charge is 0.256 e. The standard InChI is InChI=1S/C8H8N2OS2/c1-13(9,11)6-2-3-7-8(4-6)12-5-10-7/h2-5H,1H2,(H2,9,11). The van der Waals surface area contributed by atoms with Crippen molar-refractivity contribution < 1.29 is 4.21 Å². The van der Waals surface area contributed by atoms with Gasteiger partial charge in [0.1, 0.15) is 0 Å². The van der Waals surface area contributed by atoms with E-state index in [4.69, 9.17) is 5.14 Å². The Bertz CT molecular complexity index is 542. The normalized spacial score (nSPS) is 15.8. The Hall–Kier alpha value is -0.910. The Morgan fingerprint density at radius 1 is 1.54 bits per heavy atom. The molecule has 0 aliphatic heterocycles. The van der Waals surface area contributed by atoms with Crippen LogP contribution in [0.5, 0.6) is 0 Å². The minimum atomic E-state index is -2.59. The first-order valence-electron chi connectivity index (χ1n) is 3.55. The number of thiazole rings is 1. The van der Waals surface area contributed by atoms with Crippen LogP contribution >= 0.6 is 11.3 Å². The van der Waals surface area contributed by atoms with Crippen molar-refractivity contribution in [3.63, 3.8) is 0 Å². The molecule has 0 fully saturated rings. The van der Waals surface area contributed by atoms with Crippen LogP contribution in [-0.4, -0.2) is 15.1 Å². The lowest BCUT2D eigenvalue weighted by molar-refractivity contribution is 0.682. The number of hydrogen-bond acceptors (Lipinski definition) is 3. The lowest BCUT2D eigenvalue weighted by atomic mass is 10.3. The summed E-state index contributed by atoms with van der Waals surface area (Å²) in [6.07, 6.45) is 0. The fourth-order valence-corrected chi connectivity index (χ4v) is 2.46. The van der Waals surface area contributed by atoms with E-state index < -0.39 is 9.71 Å². The zero-order valence-electron chi connectivity index (χ0n) is 6.77. The molecule has 1 aromatic carbocycles. The van der Waals surface area contributed by atoms with E-state index in [9.17, 15) is 4.21 Å². The van der Waals surface area contributed by atoms with Crippen LogP contribution in [-0.2, 0) is 9.71 Å². The maximum absolute atomic E-state index is 11.4. The van der Waals surface area contributed by atoms with E-state index in [-0.39, 0.29) is 0 Å². The molecule has 0 saturated heterocycles. The third kappa shape index (κ3) is 1.58. The molecule has 5 heteroatoms. The van der Waals surface area contributed by atoms with Gasteiger partial charge in [-0.25, -0.2) is 9.19 Å². The number of rotatable bonds is 1. The van der Waals surface area contributed by atoms with E-state index in [1.165, 1.54) is 11.3 Å². The molecular weight excluding hydrogens is 204 g/mol. The topological polar surface area (TPSA) is 56.0 Å². The van der Waals surface area contributed by atoms with Gasteiger partial charge in [-0.2, -0.15) is 0 Å². The molecule has 0 saturated carbocycles. The summed E-state index contributed by atoms with van der Waals surface area (Å²) in [5.41, 5.74) is 2.65. The molecule has 2 N–H and O–H groups in total. The molecule has 0 amide bonds. The van der Waals surface area contributed by atoms with E-state index in [0.717, 1.165) is 10.2 Å². The van der Waals surface area contributed by atoms with Gasteiger partial charge in [-0.3, -0.25) is 5.14 Å². The average molecular weight is 212 g/mol. The van der Waals surface area contributed by atoms with Gasteiger partial charge < -0.3 is 0 Å². The van der Waals surface area contributed by atoms with E-state index in [2.05, 4.69) is 10.9 Å². The molecule has 0 aliphatic carbocycles. The Balaban J connectivity index is 2.75. The number of nitrogens with two attached hydrogens (primary N) is 1. The fraction of sp³-hybridized carbons (Fsp3) is 0. The summed E-state index contributed by atoms with van der Waals surface area (Å²) in [6, 6.07) is 5.29. The van der Waals surface area contributed by atoms with E-state index in [0.29, 0.717) is 4.90 Å². The second-order valence-electron chi connectivity index (χ2n) is 2.71. The van der Waals surface area contributed by atoms with Gasteiger partial charge in [0, 0.05) is 4.90 Å². The van der Waals surface area contributed by atoms with Crippen LogP contribution in [0.2, 0.25) is 0 Å². The first-order valence-corrected chi connectivity index (χ1v) is 6.22. The Kier molecular flexibility index (Phi) is 1.87. The van der Waals surface area contributed by atoms with Gasteiger partial charge in [0.2, 0.25) is 0 Å². The molecule has 0 radical (unpaired) electrons. The molecule has 0 spiro atoms. The molecule has 1 aromatic heterocycles. The summed E-state index contributed by atoms with van der Waals surface area (Å²) in [4.78, 5) is 4.68. The lowest BCUT2D eigenvalue weighted by Gasteiger charge is -2.00. The zero-order valence-corrected chi connectivity index (χ0v) is 8.40. The quantitative estimate of drug-likeness (QED) is 0.723. The number of fused-ring (bicyclic) bond motifs is 1. The van der Waals surface area contributed by atoms with Crippen molar-refractivity contribution in [1.29, 1.82) is 0 Å². The van der Waals surface area contributed by atoms with Gasteiger partial charge in [-0.05, 0) is 24.1 Å². The molecule has 0 bridgehead atoms. The Morgan fingerprint density at radius 2 is 2.31 bits per heavy atom. The van der Waals surface area contributed by atoms with Gasteiger partial charge in [0.25, 0.3) is 0 Å². The lowest BCUT2D eigenvalue weighted by Crippen LogP contribution is -2.11. The number of aromatic nitrogens is 1. The summed E-state index contributed by atoms with van der Waals surface area (Å²) in [7, 11) is -2.59. The summed E-state index contributed by atoms with van der Waals surface area (Å²) in [5, 5.41) is 5.42. The Labute approximate surface area is 80.4 Å². The van der Waals surface area contributed by atoms with Crippen molar-refractivity contribution >= 4 is 37.1 Å². The van der Waals surface area contributed by atoms with Crippen LogP contribution in [0.4, 0.5) is 0 Å². The van der Waals surface area contributed by atoms with Gasteiger partial charge in [0.15, 0.2) is 0 Å². The monoisotopic (exact) mass is 212 g/mol. The van der Waals surface area contributed by atoms with Gasteiger partial charge in [0.05, 0.1) is 25.4 Å². The van der Waals surface area contributed by atoms with Gasteiger partial charge in [-0.15, -0.1) is 11.3 Å². The highest BCUT2D eigenvalue weighted by molar-refractivity contribution is 7.98. The second kappa shape index (κ2) is 2.80. The third-order valence-corrected chi connectivity index (χ3v) is 3.55. The third-order valence-electron chi connectivity index (χ3n) is 1.70. The number of hydrogen-bond donors (Lipinski definition) is 1. The summed E-state index contributed by atoms with van der Waals surface area (Å²) in [6.45, 7) is 0. The van der Waals surface area contributed by atoms with Crippen LogP contribution < -0.4 is 5.14 Å². The summed E-state index contributed by atoms with van der Waals surface area (Å²) in [5.74, 6) is 3.42. The minimum absolute atomic E-state index is 0.573. The second-order valence-corrected chi connectivity index (χ2v) is 5.52. The number of benzene rings is 1. The van der Waals surface area contributed by atoms with E-state index in [1.54, 1.807) is 23.7 Å². The molecule has 2 rings (SSSR count). The predicted octanol–water partition coefficient (Wildman–Crippen LogP) is 1.25. The molecule has 2 aromatic rings. The molecule has 1 unspecified atom stereocenters. The van der Waals surface area contributed by atoms with E-state index in [1.807, 2.05) is 0 Å². The highest BCUT2D eigenvalue weighted by atomic mass is 32.2. The number of nitrogens with zero attached hydrogens (tertiary/aromatic N) is 1. The maximum Gasteiger partial charge on any atom is 0.0812 e. The van der Waals surface area contributed by atoms with Crippen molar-refractivity contribution in [3.8, 4) is 0 Å². The minimum Gasteiger partial charge on any atom is -0.256 e. The van der Waals surface area contributed by atoms with Crippen molar-refractivity contribution in [2.45, 2.75) is 4.90 Å². The molecule has 1 atom stereocenters. The Morgan fingerprint density at radius 3 is 3.00 bits per heavy atom. The summed E-state index contributed by atoms with van der Waals surface area (Å²) < 4.78 is 12.4. The van der Waals surface area contributed by atoms with Crippen molar-refractivity contribution in [1.82, 2.24) is 4.98 Å². The van der Waals surface area contributed by atoms with Crippen molar-refractivity contribution in [3.05, 3.63) is 23.7 Å².